The number of furan rings is 1. The Morgan fingerprint density at radius 1 is 1.42 bits per heavy atom. The Balaban J connectivity index is 2.62. The molecule has 0 radical (unpaired) electrons. The molecule has 1 aromatic rings. The van der Waals surface area contributed by atoms with Gasteiger partial charge in [0.05, 0.1) is 6.26 Å². The summed E-state index contributed by atoms with van der Waals surface area (Å²) in [5.41, 5.74) is 2.53. The third kappa shape index (κ3) is 2.11. The first-order valence-corrected chi connectivity index (χ1v) is 4.38. The van der Waals surface area contributed by atoms with E-state index in [1.807, 2.05) is 13.2 Å². The first-order valence-electron chi connectivity index (χ1n) is 4.38. The van der Waals surface area contributed by atoms with Crippen LogP contribution in [0.4, 0.5) is 0 Å². The largest absolute Gasteiger partial charge is 0.469 e. The number of aryl methyl sites for hydroxylation is 2. The van der Waals surface area contributed by atoms with Crippen molar-refractivity contribution < 1.29 is 4.42 Å². The lowest BCUT2D eigenvalue weighted by Gasteiger charge is -2.07. The molecule has 0 aromatic carbocycles. The summed E-state index contributed by atoms with van der Waals surface area (Å²) >= 11 is 0. The molecule has 1 rings (SSSR count). The molecule has 0 saturated carbocycles. The van der Waals surface area contributed by atoms with Crippen LogP contribution in [0, 0.1) is 13.8 Å². The van der Waals surface area contributed by atoms with Crippen LogP contribution in [0.3, 0.4) is 0 Å². The number of rotatable bonds is 3. The fourth-order valence-electron chi connectivity index (χ4n) is 1.17. The van der Waals surface area contributed by atoms with Crippen molar-refractivity contribution >= 4 is 0 Å². The van der Waals surface area contributed by atoms with E-state index in [1.54, 1.807) is 0 Å². The van der Waals surface area contributed by atoms with Gasteiger partial charge in [0.1, 0.15) is 5.76 Å². The van der Waals surface area contributed by atoms with Gasteiger partial charge in [0.25, 0.3) is 0 Å². The van der Waals surface area contributed by atoms with E-state index in [9.17, 15) is 0 Å². The molecule has 1 heterocycles. The van der Waals surface area contributed by atoms with Gasteiger partial charge >= 0.3 is 0 Å². The first-order chi connectivity index (χ1) is 5.61. The van der Waals surface area contributed by atoms with Crippen LogP contribution in [0.25, 0.3) is 0 Å². The summed E-state index contributed by atoms with van der Waals surface area (Å²) in [6, 6.07) is 0.527. The fourth-order valence-corrected chi connectivity index (χ4v) is 1.17. The second kappa shape index (κ2) is 3.76. The van der Waals surface area contributed by atoms with Crippen molar-refractivity contribution in [3.63, 3.8) is 0 Å². The van der Waals surface area contributed by atoms with Gasteiger partial charge in [-0.05, 0) is 19.4 Å². The standard InChI is InChI=1S/C10H17NO/c1-7(2)11-5-10-8(3)6-12-9(10)4/h6-7,11H,5H2,1-4H3. The molecule has 0 bridgehead atoms. The Hall–Kier alpha value is -0.760. The Bertz CT molecular complexity index is 231. The van der Waals surface area contributed by atoms with Crippen molar-refractivity contribution in [3.05, 3.63) is 23.2 Å². The lowest BCUT2D eigenvalue weighted by Crippen LogP contribution is -2.22. The van der Waals surface area contributed by atoms with Crippen molar-refractivity contribution in [2.45, 2.75) is 40.3 Å². The van der Waals surface area contributed by atoms with Gasteiger partial charge < -0.3 is 9.73 Å². The molecule has 0 fully saturated rings. The number of nitrogens with one attached hydrogen (secondary N) is 1. The normalized spacial score (nSPS) is 11.1. The highest BCUT2D eigenvalue weighted by atomic mass is 16.3. The van der Waals surface area contributed by atoms with Crippen LogP contribution >= 0.6 is 0 Å². The average Bonchev–Trinajstić information content (AvgIpc) is 2.28. The summed E-state index contributed by atoms with van der Waals surface area (Å²) in [4.78, 5) is 0. The summed E-state index contributed by atoms with van der Waals surface area (Å²) in [5.74, 6) is 1.03. The molecule has 0 unspecified atom stereocenters. The maximum atomic E-state index is 5.29. The van der Waals surface area contributed by atoms with E-state index >= 15 is 0 Å². The van der Waals surface area contributed by atoms with Crippen LogP contribution in [0.2, 0.25) is 0 Å². The molecule has 0 saturated heterocycles. The highest BCUT2D eigenvalue weighted by Crippen LogP contribution is 2.14. The molecule has 2 heteroatoms. The van der Waals surface area contributed by atoms with Gasteiger partial charge in [0.15, 0.2) is 0 Å². The molecule has 1 N–H and O–H groups in total. The molecule has 0 aliphatic rings. The van der Waals surface area contributed by atoms with E-state index in [4.69, 9.17) is 4.42 Å². The first kappa shape index (κ1) is 9.33. The van der Waals surface area contributed by atoms with Gasteiger partial charge in [-0.25, -0.2) is 0 Å². The summed E-state index contributed by atoms with van der Waals surface area (Å²) < 4.78 is 5.29. The summed E-state index contributed by atoms with van der Waals surface area (Å²) in [5, 5.41) is 3.37. The van der Waals surface area contributed by atoms with Crippen LogP contribution in [0.1, 0.15) is 30.7 Å². The lowest BCUT2D eigenvalue weighted by atomic mass is 10.1. The minimum Gasteiger partial charge on any atom is -0.469 e. The number of hydrogen-bond donors (Lipinski definition) is 1. The molecule has 0 amide bonds. The molecule has 0 spiro atoms. The zero-order valence-corrected chi connectivity index (χ0v) is 8.27. The Kier molecular flexibility index (Phi) is 2.93. The van der Waals surface area contributed by atoms with Gasteiger partial charge in [0.2, 0.25) is 0 Å². The van der Waals surface area contributed by atoms with Gasteiger partial charge in [-0.15, -0.1) is 0 Å². The van der Waals surface area contributed by atoms with Gasteiger partial charge in [0, 0.05) is 18.2 Å². The van der Waals surface area contributed by atoms with Crippen LogP contribution in [0.5, 0.6) is 0 Å². The van der Waals surface area contributed by atoms with Crippen molar-refractivity contribution in [2.75, 3.05) is 0 Å². The smallest absolute Gasteiger partial charge is 0.105 e. The molecule has 68 valence electrons. The highest BCUT2D eigenvalue weighted by Gasteiger charge is 2.05. The molecule has 0 aliphatic carbocycles. The molecule has 0 atom stereocenters. The van der Waals surface area contributed by atoms with E-state index in [2.05, 4.69) is 26.1 Å². The van der Waals surface area contributed by atoms with Crippen LogP contribution in [0.15, 0.2) is 10.7 Å². The SMILES string of the molecule is Cc1coc(C)c1CNC(C)C. The van der Waals surface area contributed by atoms with Gasteiger partial charge in [-0.3, -0.25) is 0 Å². The monoisotopic (exact) mass is 167 g/mol. The quantitative estimate of drug-likeness (QED) is 0.747. The lowest BCUT2D eigenvalue weighted by molar-refractivity contribution is 0.520. The topological polar surface area (TPSA) is 25.2 Å². The predicted octanol–water partition coefficient (Wildman–Crippen LogP) is 2.39. The van der Waals surface area contributed by atoms with Crippen molar-refractivity contribution in [1.29, 1.82) is 0 Å². The predicted molar refractivity (Wildman–Crippen MR) is 50.2 cm³/mol. The minimum atomic E-state index is 0.527. The van der Waals surface area contributed by atoms with Crippen molar-refractivity contribution in [2.24, 2.45) is 0 Å². The molecule has 12 heavy (non-hydrogen) atoms. The summed E-state index contributed by atoms with van der Waals surface area (Å²) in [6.07, 6.45) is 1.81. The summed E-state index contributed by atoms with van der Waals surface area (Å²) in [6.45, 7) is 9.28. The molecule has 2 nitrogen and oxygen atoms in total. The minimum absolute atomic E-state index is 0.527. The van der Waals surface area contributed by atoms with Gasteiger partial charge in [-0.2, -0.15) is 0 Å². The van der Waals surface area contributed by atoms with Crippen LogP contribution < -0.4 is 5.32 Å². The molecular weight excluding hydrogens is 150 g/mol. The maximum Gasteiger partial charge on any atom is 0.105 e. The maximum absolute atomic E-state index is 5.29. The van der Waals surface area contributed by atoms with E-state index < -0.39 is 0 Å². The van der Waals surface area contributed by atoms with E-state index in [0.717, 1.165) is 12.3 Å². The van der Waals surface area contributed by atoms with Crippen molar-refractivity contribution in [1.82, 2.24) is 5.32 Å². The Morgan fingerprint density at radius 3 is 2.50 bits per heavy atom. The molecule has 1 aromatic heterocycles. The van der Waals surface area contributed by atoms with Crippen LogP contribution in [-0.2, 0) is 6.54 Å². The highest BCUT2D eigenvalue weighted by molar-refractivity contribution is 5.25. The average molecular weight is 167 g/mol. The Morgan fingerprint density at radius 2 is 2.08 bits per heavy atom. The van der Waals surface area contributed by atoms with Crippen molar-refractivity contribution in [3.8, 4) is 0 Å². The summed E-state index contributed by atoms with van der Waals surface area (Å²) in [7, 11) is 0. The second-order valence-electron chi connectivity index (χ2n) is 3.49. The fraction of sp³-hybridized carbons (Fsp3) is 0.600. The zero-order chi connectivity index (χ0) is 9.14. The zero-order valence-electron chi connectivity index (χ0n) is 8.27. The van der Waals surface area contributed by atoms with Gasteiger partial charge in [-0.1, -0.05) is 13.8 Å². The van der Waals surface area contributed by atoms with Crippen LogP contribution in [-0.4, -0.2) is 6.04 Å². The third-order valence-electron chi connectivity index (χ3n) is 2.00. The molecule has 0 aliphatic heterocycles. The van der Waals surface area contributed by atoms with E-state index in [1.165, 1.54) is 11.1 Å². The number of hydrogen-bond acceptors (Lipinski definition) is 2. The second-order valence-corrected chi connectivity index (χ2v) is 3.49. The Labute approximate surface area is 74.0 Å². The van der Waals surface area contributed by atoms with E-state index in [-0.39, 0.29) is 0 Å². The molecular formula is C10H17NO. The third-order valence-corrected chi connectivity index (χ3v) is 2.00. The van der Waals surface area contributed by atoms with E-state index in [0.29, 0.717) is 6.04 Å².